The van der Waals surface area contributed by atoms with Gasteiger partial charge in [-0.1, -0.05) is 71.9 Å². The molecule has 0 fully saturated rings. The van der Waals surface area contributed by atoms with Gasteiger partial charge in [0.2, 0.25) is 0 Å². The van der Waals surface area contributed by atoms with Gasteiger partial charge >= 0.3 is 5.97 Å². The number of methoxy groups -OCH3 is 1. The van der Waals surface area contributed by atoms with E-state index < -0.39 is 5.97 Å². The minimum absolute atomic E-state index is 0.170. The Labute approximate surface area is 166 Å². The number of pyridine rings is 1. The lowest BCUT2D eigenvalue weighted by Crippen LogP contribution is -2.06. The lowest BCUT2D eigenvalue weighted by atomic mass is 10.1. The summed E-state index contributed by atoms with van der Waals surface area (Å²) in [6, 6.07) is 25.3. The zero-order valence-corrected chi connectivity index (χ0v) is 15.6. The zero-order chi connectivity index (χ0) is 19.8. The molecule has 6 nitrogen and oxygen atoms in total. The van der Waals surface area contributed by atoms with E-state index in [0.717, 1.165) is 33.1 Å². The Hall–Kier alpha value is -4.06. The first-order chi connectivity index (χ1) is 14.3. The Balaban J connectivity index is 1.93. The lowest BCUT2D eigenvalue weighted by molar-refractivity contribution is 0.0595. The Kier molecular flexibility index (Phi) is 4.02. The van der Waals surface area contributed by atoms with Crippen LogP contribution in [-0.2, 0) is 4.74 Å². The van der Waals surface area contributed by atoms with E-state index in [-0.39, 0.29) is 5.69 Å². The highest BCUT2D eigenvalue weighted by atomic mass is 16.5. The van der Waals surface area contributed by atoms with Crippen molar-refractivity contribution in [2.24, 2.45) is 0 Å². The standard InChI is InChI=1S/C23H16N4O2/c1-29-23(28)20-21(15-9-3-2-4-10-15)27(26-25-20)22-16-11-5-7-13-18(16)24-19-14-8-6-12-17(19)22/h2-14H,1H3. The van der Waals surface area contributed by atoms with Crippen LogP contribution in [0.15, 0.2) is 78.9 Å². The van der Waals surface area contributed by atoms with E-state index in [2.05, 4.69) is 10.3 Å². The van der Waals surface area contributed by atoms with Crippen molar-refractivity contribution < 1.29 is 9.53 Å². The molecule has 0 spiro atoms. The van der Waals surface area contributed by atoms with Crippen molar-refractivity contribution in [3.8, 4) is 16.9 Å². The first kappa shape index (κ1) is 17.1. The number of hydrogen-bond acceptors (Lipinski definition) is 5. The van der Waals surface area contributed by atoms with Crippen LogP contribution in [-0.4, -0.2) is 33.1 Å². The molecule has 0 aliphatic heterocycles. The largest absolute Gasteiger partial charge is 0.464 e. The Bertz CT molecular complexity index is 1310. The number of aromatic nitrogens is 4. The summed E-state index contributed by atoms with van der Waals surface area (Å²) in [5, 5.41) is 10.4. The van der Waals surface area contributed by atoms with Crippen molar-refractivity contribution in [2.75, 3.05) is 7.11 Å². The van der Waals surface area contributed by atoms with E-state index >= 15 is 0 Å². The van der Waals surface area contributed by atoms with Crippen LogP contribution in [0, 0.1) is 0 Å². The summed E-state index contributed by atoms with van der Waals surface area (Å²) in [4.78, 5) is 17.2. The summed E-state index contributed by atoms with van der Waals surface area (Å²) in [5.41, 5.74) is 4.09. The monoisotopic (exact) mass is 380 g/mol. The molecule has 0 unspecified atom stereocenters. The van der Waals surface area contributed by atoms with Crippen molar-refractivity contribution in [3.63, 3.8) is 0 Å². The molecule has 5 rings (SSSR count). The molecule has 2 aromatic heterocycles. The highest BCUT2D eigenvalue weighted by molar-refractivity contribution is 6.04. The maximum absolute atomic E-state index is 12.4. The van der Waals surface area contributed by atoms with Gasteiger partial charge in [-0.2, -0.15) is 0 Å². The summed E-state index contributed by atoms with van der Waals surface area (Å²) < 4.78 is 6.67. The molecule has 0 aliphatic carbocycles. The predicted octanol–water partition coefficient (Wildman–Crippen LogP) is 4.42. The van der Waals surface area contributed by atoms with Crippen molar-refractivity contribution in [3.05, 3.63) is 84.6 Å². The van der Waals surface area contributed by atoms with Crippen molar-refractivity contribution in [2.45, 2.75) is 0 Å². The summed E-state index contributed by atoms with van der Waals surface area (Å²) >= 11 is 0. The molecule has 0 atom stereocenters. The molecular weight excluding hydrogens is 364 g/mol. The average molecular weight is 380 g/mol. The molecule has 2 heterocycles. The molecule has 0 amide bonds. The summed E-state index contributed by atoms with van der Waals surface area (Å²) in [5.74, 6) is -0.530. The lowest BCUT2D eigenvalue weighted by Gasteiger charge is -2.13. The quantitative estimate of drug-likeness (QED) is 0.342. The Morgan fingerprint density at radius 3 is 2.03 bits per heavy atom. The topological polar surface area (TPSA) is 69.9 Å². The third-order valence-corrected chi connectivity index (χ3v) is 4.87. The number of nitrogens with zero attached hydrogens (tertiary/aromatic N) is 4. The molecule has 6 heteroatoms. The third-order valence-electron chi connectivity index (χ3n) is 4.87. The third kappa shape index (κ3) is 2.73. The number of rotatable bonds is 3. The van der Waals surface area contributed by atoms with Crippen molar-refractivity contribution in [1.82, 2.24) is 20.0 Å². The fourth-order valence-corrected chi connectivity index (χ4v) is 3.57. The first-order valence-electron chi connectivity index (χ1n) is 9.15. The SMILES string of the molecule is COC(=O)c1nnn(-c2c3ccccc3nc3ccccc23)c1-c1ccccc1. The number of ether oxygens (including phenoxy) is 1. The van der Waals surface area contributed by atoms with E-state index in [1.165, 1.54) is 7.11 Å². The van der Waals surface area contributed by atoms with E-state index in [1.807, 2.05) is 78.9 Å². The van der Waals surface area contributed by atoms with Crippen LogP contribution in [0.4, 0.5) is 0 Å². The fraction of sp³-hybridized carbons (Fsp3) is 0.0435. The molecule has 0 bridgehead atoms. The van der Waals surface area contributed by atoms with Crippen LogP contribution in [0.3, 0.4) is 0 Å². The normalized spacial score (nSPS) is 11.1. The summed E-state index contributed by atoms with van der Waals surface area (Å²) in [7, 11) is 1.34. The highest BCUT2D eigenvalue weighted by Crippen LogP contribution is 2.33. The Morgan fingerprint density at radius 1 is 0.828 bits per heavy atom. The van der Waals surface area contributed by atoms with Crippen LogP contribution < -0.4 is 0 Å². The second-order valence-corrected chi connectivity index (χ2v) is 6.55. The van der Waals surface area contributed by atoms with Gasteiger partial charge in [-0.25, -0.2) is 14.5 Å². The maximum Gasteiger partial charge on any atom is 0.360 e. The van der Waals surface area contributed by atoms with E-state index in [1.54, 1.807) is 4.68 Å². The van der Waals surface area contributed by atoms with Gasteiger partial charge in [0.25, 0.3) is 0 Å². The summed E-state index contributed by atoms with van der Waals surface area (Å²) in [6.07, 6.45) is 0. The average Bonchev–Trinajstić information content (AvgIpc) is 3.22. The van der Waals surface area contributed by atoms with Crippen LogP contribution in [0.5, 0.6) is 0 Å². The predicted molar refractivity (Wildman–Crippen MR) is 111 cm³/mol. The van der Waals surface area contributed by atoms with Gasteiger partial charge in [0.05, 0.1) is 23.8 Å². The fourth-order valence-electron chi connectivity index (χ4n) is 3.57. The van der Waals surface area contributed by atoms with E-state index in [0.29, 0.717) is 5.69 Å². The second kappa shape index (κ2) is 6.83. The van der Waals surface area contributed by atoms with E-state index in [4.69, 9.17) is 9.72 Å². The number of hydrogen-bond donors (Lipinski definition) is 0. The zero-order valence-electron chi connectivity index (χ0n) is 15.6. The first-order valence-corrected chi connectivity index (χ1v) is 9.15. The van der Waals surface area contributed by atoms with Crippen LogP contribution in [0.1, 0.15) is 10.5 Å². The molecular formula is C23H16N4O2. The number of para-hydroxylation sites is 2. The van der Waals surface area contributed by atoms with Gasteiger partial charge in [0.1, 0.15) is 5.69 Å². The molecule has 0 aliphatic rings. The molecule has 140 valence electrons. The highest BCUT2D eigenvalue weighted by Gasteiger charge is 2.24. The van der Waals surface area contributed by atoms with E-state index in [9.17, 15) is 4.79 Å². The molecule has 0 N–H and O–H groups in total. The Morgan fingerprint density at radius 2 is 1.41 bits per heavy atom. The minimum Gasteiger partial charge on any atom is -0.464 e. The number of carbonyl (C=O) groups excluding carboxylic acids is 1. The number of fused-ring (bicyclic) bond motifs is 2. The smallest absolute Gasteiger partial charge is 0.360 e. The van der Waals surface area contributed by atoms with Crippen LogP contribution in [0.2, 0.25) is 0 Å². The molecule has 0 saturated heterocycles. The van der Waals surface area contributed by atoms with Crippen molar-refractivity contribution in [1.29, 1.82) is 0 Å². The minimum atomic E-state index is -0.530. The summed E-state index contributed by atoms with van der Waals surface area (Å²) in [6.45, 7) is 0. The maximum atomic E-state index is 12.4. The second-order valence-electron chi connectivity index (χ2n) is 6.55. The molecule has 5 aromatic rings. The van der Waals surface area contributed by atoms with Gasteiger partial charge in [0, 0.05) is 16.3 Å². The molecule has 0 radical (unpaired) electrons. The number of benzene rings is 3. The number of esters is 1. The van der Waals surface area contributed by atoms with Crippen molar-refractivity contribution >= 4 is 27.8 Å². The van der Waals surface area contributed by atoms with Gasteiger partial charge in [-0.05, 0) is 12.1 Å². The van der Waals surface area contributed by atoms with Crippen LogP contribution in [0.25, 0.3) is 38.8 Å². The van der Waals surface area contributed by atoms with Gasteiger partial charge in [-0.3, -0.25) is 0 Å². The molecule has 0 saturated carbocycles. The van der Waals surface area contributed by atoms with Gasteiger partial charge < -0.3 is 4.74 Å². The van der Waals surface area contributed by atoms with Gasteiger partial charge in [-0.15, -0.1) is 5.10 Å². The van der Waals surface area contributed by atoms with Gasteiger partial charge in [0.15, 0.2) is 5.69 Å². The molecule has 29 heavy (non-hydrogen) atoms. The number of carbonyl (C=O) groups is 1. The van der Waals surface area contributed by atoms with Crippen LogP contribution >= 0.6 is 0 Å². The molecule has 3 aromatic carbocycles.